The SMILES string of the molecule is O=[N+]([O-])c1cc([N+](=O)[O-])c(OCC2CCCO2)c(C(F)(F)F)c1. The molecule has 0 spiro atoms. The molecule has 2 rings (SSSR count). The van der Waals surface area contributed by atoms with Gasteiger partial charge in [0.05, 0.1) is 22.0 Å². The van der Waals surface area contributed by atoms with Crippen molar-refractivity contribution in [1.82, 2.24) is 0 Å². The van der Waals surface area contributed by atoms with E-state index in [1.165, 1.54) is 0 Å². The van der Waals surface area contributed by atoms with Crippen LogP contribution >= 0.6 is 0 Å². The van der Waals surface area contributed by atoms with Crippen LogP contribution in [0.4, 0.5) is 24.5 Å². The molecule has 11 heteroatoms. The number of benzene rings is 1. The number of hydrogen-bond donors (Lipinski definition) is 0. The van der Waals surface area contributed by atoms with Crippen molar-refractivity contribution in [2.24, 2.45) is 0 Å². The first-order valence-electron chi connectivity index (χ1n) is 6.48. The first-order chi connectivity index (χ1) is 10.7. The van der Waals surface area contributed by atoms with Crippen LogP contribution in [0.3, 0.4) is 0 Å². The molecule has 0 radical (unpaired) electrons. The van der Waals surface area contributed by atoms with Gasteiger partial charge >= 0.3 is 11.9 Å². The highest BCUT2D eigenvalue weighted by molar-refractivity contribution is 5.59. The van der Waals surface area contributed by atoms with Crippen LogP contribution < -0.4 is 4.74 Å². The Hall–Kier alpha value is -2.43. The fourth-order valence-corrected chi connectivity index (χ4v) is 2.15. The number of hydrogen-bond acceptors (Lipinski definition) is 6. The number of ether oxygens (including phenoxy) is 2. The largest absolute Gasteiger partial charge is 0.484 e. The number of non-ortho nitro benzene ring substituents is 1. The van der Waals surface area contributed by atoms with E-state index < -0.39 is 44.8 Å². The van der Waals surface area contributed by atoms with Crippen molar-refractivity contribution in [3.63, 3.8) is 0 Å². The van der Waals surface area contributed by atoms with Crippen molar-refractivity contribution in [2.75, 3.05) is 13.2 Å². The molecule has 0 bridgehead atoms. The normalized spacial score (nSPS) is 18.0. The molecule has 0 amide bonds. The van der Waals surface area contributed by atoms with Gasteiger partial charge in [-0.15, -0.1) is 0 Å². The van der Waals surface area contributed by atoms with Crippen molar-refractivity contribution >= 4 is 11.4 Å². The van der Waals surface area contributed by atoms with E-state index in [1.807, 2.05) is 0 Å². The summed E-state index contributed by atoms with van der Waals surface area (Å²) < 4.78 is 49.4. The van der Waals surface area contributed by atoms with E-state index in [0.29, 0.717) is 25.5 Å². The molecule has 0 aliphatic carbocycles. The Morgan fingerprint density at radius 3 is 2.43 bits per heavy atom. The van der Waals surface area contributed by atoms with Crippen molar-refractivity contribution in [2.45, 2.75) is 25.1 Å². The van der Waals surface area contributed by atoms with Gasteiger partial charge in [0.1, 0.15) is 12.2 Å². The van der Waals surface area contributed by atoms with Crippen LogP contribution in [0.15, 0.2) is 12.1 Å². The third-order valence-corrected chi connectivity index (χ3v) is 3.20. The zero-order valence-electron chi connectivity index (χ0n) is 11.5. The Morgan fingerprint density at radius 2 is 1.96 bits per heavy atom. The molecule has 1 aliphatic heterocycles. The van der Waals surface area contributed by atoms with Crippen molar-refractivity contribution in [3.8, 4) is 5.75 Å². The highest BCUT2D eigenvalue weighted by Crippen LogP contribution is 2.44. The van der Waals surface area contributed by atoms with E-state index >= 15 is 0 Å². The molecule has 1 unspecified atom stereocenters. The number of nitrogens with zero attached hydrogens (tertiary/aromatic N) is 2. The molecule has 1 aromatic rings. The second-order valence-corrected chi connectivity index (χ2v) is 4.80. The molecule has 0 aromatic heterocycles. The number of nitro benzene ring substituents is 2. The van der Waals surface area contributed by atoms with Crippen LogP contribution in [-0.4, -0.2) is 29.2 Å². The van der Waals surface area contributed by atoms with Crippen LogP contribution in [0.2, 0.25) is 0 Å². The topological polar surface area (TPSA) is 105 Å². The van der Waals surface area contributed by atoms with E-state index in [0.717, 1.165) is 0 Å². The molecule has 23 heavy (non-hydrogen) atoms. The van der Waals surface area contributed by atoms with E-state index in [-0.39, 0.29) is 12.7 Å². The van der Waals surface area contributed by atoms with Gasteiger partial charge in [-0.25, -0.2) is 0 Å². The zero-order valence-corrected chi connectivity index (χ0v) is 11.5. The van der Waals surface area contributed by atoms with Crippen LogP contribution in [0.5, 0.6) is 5.75 Å². The second kappa shape index (κ2) is 6.36. The van der Waals surface area contributed by atoms with E-state index in [4.69, 9.17) is 9.47 Å². The van der Waals surface area contributed by atoms with Gasteiger partial charge in [0.15, 0.2) is 0 Å². The highest BCUT2D eigenvalue weighted by Gasteiger charge is 2.41. The average molecular weight is 336 g/mol. The number of halogens is 3. The summed E-state index contributed by atoms with van der Waals surface area (Å²) in [5.41, 5.74) is -3.70. The zero-order chi connectivity index (χ0) is 17.2. The van der Waals surface area contributed by atoms with Gasteiger partial charge < -0.3 is 9.47 Å². The lowest BCUT2D eigenvalue weighted by Gasteiger charge is -2.16. The quantitative estimate of drug-likeness (QED) is 0.604. The van der Waals surface area contributed by atoms with Gasteiger partial charge in [-0.1, -0.05) is 0 Å². The maximum atomic E-state index is 13.1. The molecule has 1 fully saturated rings. The van der Waals surface area contributed by atoms with Gasteiger partial charge in [0.25, 0.3) is 5.69 Å². The minimum Gasteiger partial charge on any atom is -0.484 e. The van der Waals surface area contributed by atoms with Gasteiger partial charge in [-0.05, 0) is 12.8 Å². The van der Waals surface area contributed by atoms with E-state index in [1.54, 1.807) is 0 Å². The lowest BCUT2D eigenvalue weighted by Crippen LogP contribution is -2.19. The monoisotopic (exact) mass is 336 g/mol. The van der Waals surface area contributed by atoms with E-state index in [9.17, 15) is 33.4 Å². The smallest absolute Gasteiger partial charge is 0.420 e. The average Bonchev–Trinajstić information content (AvgIpc) is 2.96. The summed E-state index contributed by atoms with van der Waals surface area (Å²) in [6.07, 6.45) is -4.24. The fourth-order valence-electron chi connectivity index (χ4n) is 2.15. The number of rotatable bonds is 5. The highest BCUT2D eigenvalue weighted by atomic mass is 19.4. The molecule has 0 N–H and O–H groups in total. The third-order valence-electron chi connectivity index (χ3n) is 3.20. The summed E-state index contributed by atoms with van der Waals surface area (Å²) in [5, 5.41) is 21.7. The Balaban J connectivity index is 2.46. The maximum Gasteiger partial charge on any atom is 0.420 e. The molecule has 1 saturated heterocycles. The third kappa shape index (κ3) is 3.86. The lowest BCUT2D eigenvalue weighted by atomic mass is 10.1. The van der Waals surface area contributed by atoms with Crippen LogP contribution in [-0.2, 0) is 10.9 Å². The fraction of sp³-hybridized carbons (Fsp3) is 0.500. The summed E-state index contributed by atoms with van der Waals surface area (Å²) in [6, 6.07) is 0.665. The van der Waals surface area contributed by atoms with Crippen molar-refractivity contribution in [1.29, 1.82) is 0 Å². The van der Waals surface area contributed by atoms with Crippen molar-refractivity contribution in [3.05, 3.63) is 37.9 Å². The Morgan fingerprint density at radius 1 is 1.26 bits per heavy atom. The molecule has 126 valence electrons. The first kappa shape index (κ1) is 16.9. The lowest BCUT2D eigenvalue weighted by molar-refractivity contribution is -0.395. The number of nitro groups is 2. The molecular weight excluding hydrogens is 325 g/mol. The van der Waals surface area contributed by atoms with Crippen LogP contribution in [0, 0.1) is 20.2 Å². The summed E-state index contributed by atoms with van der Waals surface area (Å²) in [6.45, 7) is 0.129. The predicted molar refractivity (Wildman–Crippen MR) is 69.2 cm³/mol. The molecule has 1 aromatic carbocycles. The summed E-state index contributed by atoms with van der Waals surface area (Å²) >= 11 is 0. The maximum absolute atomic E-state index is 13.1. The van der Waals surface area contributed by atoms with Gasteiger partial charge in [-0.3, -0.25) is 20.2 Å². The summed E-state index contributed by atoms with van der Waals surface area (Å²) in [4.78, 5) is 19.4. The second-order valence-electron chi connectivity index (χ2n) is 4.80. The first-order valence-corrected chi connectivity index (χ1v) is 6.48. The van der Waals surface area contributed by atoms with Gasteiger partial charge in [0, 0.05) is 12.7 Å². The Bertz CT molecular complexity index is 628. The van der Waals surface area contributed by atoms with Crippen molar-refractivity contribution < 1.29 is 32.5 Å². The summed E-state index contributed by atoms with van der Waals surface area (Å²) in [7, 11) is 0. The molecule has 1 heterocycles. The van der Waals surface area contributed by atoms with E-state index in [2.05, 4.69) is 0 Å². The van der Waals surface area contributed by atoms with Gasteiger partial charge in [-0.2, -0.15) is 13.2 Å². The molecule has 1 aliphatic rings. The van der Waals surface area contributed by atoms with Gasteiger partial charge in [0.2, 0.25) is 5.75 Å². The molecule has 1 atom stereocenters. The standard InChI is InChI=1S/C12H11F3N2O6/c13-12(14,15)9-4-7(16(18)19)5-10(17(20)21)11(9)23-6-8-2-1-3-22-8/h4-5,8H,1-3,6H2. The Labute approximate surface area is 127 Å². The van der Waals surface area contributed by atoms with Crippen LogP contribution in [0.25, 0.3) is 0 Å². The molecule has 8 nitrogen and oxygen atoms in total. The van der Waals surface area contributed by atoms with Crippen LogP contribution in [0.1, 0.15) is 18.4 Å². The number of alkyl halides is 3. The minimum atomic E-state index is -5.04. The molecular formula is C12H11F3N2O6. The minimum absolute atomic E-state index is 0.220. The Kier molecular flexibility index (Phi) is 4.68. The predicted octanol–water partition coefficient (Wildman–Crippen LogP) is 3.08. The molecule has 0 saturated carbocycles. The summed E-state index contributed by atoms with van der Waals surface area (Å²) in [5.74, 6) is -1.04.